The molecule has 11 heteroatoms. The second kappa shape index (κ2) is 11.0. The summed E-state index contributed by atoms with van der Waals surface area (Å²) in [6, 6.07) is 10.4. The van der Waals surface area contributed by atoms with Crippen molar-refractivity contribution < 1.29 is 24.2 Å². The highest BCUT2D eigenvalue weighted by molar-refractivity contribution is 7.09. The van der Waals surface area contributed by atoms with Crippen LogP contribution in [0.25, 0.3) is 0 Å². The Morgan fingerprint density at radius 1 is 1.22 bits per heavy atom. The third-order valence-electron chi connectivity index (χ3n) is 6.23. The van der Waals surface area contributed by atoms with E-state index in [1.807, 2.05) is 26.0 Å². The average molecular weight is 524 g/mol. The van der Waals surface area contributed by atoms with E-state index in [2.05, 4.69) is 9.69 Å². The third kappa shape index (κ3) is 5.57. The molecular weight excluding hydrogens is 494 g/mol. The third-order valence-corrected chi connectivity index (χ3v) is 7.08. The molecule has 3 aromatic rings. The topological polar surface area (TPSA) is 161 Å². The number of anilines is 2. The Bertz CT molecular complexity index is 1320. The van der Waals surface area contributed by atoms with Gasteiger partial charge < -0.3 is 26.6 Å². The molecule has 1 aliphatic rings. The van der Waals surface area contributed by atoms with E-state index in [1.54, 1.807) is 18.2 Å². The Kier molecular flexibility index (Phi) is 7.74. The summed E-state index contributed by atoms with van der Waals surface area (Å²) in [7, 11) is 0. The number of aromatic hydroxyl groups is 1. The summed E-state index contributed by atoms with van der Waals surface area (Å²) in [6.45, 7) is 4.69. The van der Waals surface area contributed by atoms with Gasteiger partial charge in [-0.3, -0.25) is 19.3 Å². The number of nitrogens with one attached hydrogen (secondary N) is 1. The van der Waals surface area contributed by atoms with E-state index in [-0.39, 0.29) is 34.7 Å². The van der Waals surface area contributed by atoms with Crippen molar-refractivity contribution in [3.05, 3.63) is 69.7 Å². The van der Waals surface area contributed by atoms with Crippen LogP contribution in [0.5, 0.6) is 5.75 Å². The van der Waals surface area contributed by atoms with Crippen LogP contribution in [0.3, 0.4) is 0 Å². The number of hydrogen-bond donors (Lipinski definition) is 4. The largest absolute Gasteiger partial charge is 0.508 e. The summed E-state index contributed by atoms with van der Waals surface area (Å²) in [5.41, 5.74) is 13.8. The number of hydrogen-bond acceptors (Lipinski definition) is 8. The summed E-state index contributed by atoms with van der Waals surface area (Å²) >= 11 is 0.746. The molecule has 1 saturated heterocycles. The fourth-order valence-corrected chi connectivity index (χ4v) is 5.11. The summed E-state index contributed by atoms with van der Waals surface area (Å²) < 4.78 is 9.61. The van der Waals surface area contributed by atoms with Gasteiger partial charge in [0.15, 0.2) is 5.69 Å². The number of phenols is 1. The Labute approximate surface area is 218 Å². The molecule has 6 N–H and O–H groups in total. The molecule has 2 aromatic carbocycles. The highest BCUT2D eigenvalue weighted by Gasteiger charge is 2.37. The van der Waals surface area contributed by atoms with Crippen molar-refractivity contribution in [2.45, 2.75) is 38.8 Å². The molecule has 10 nitrogen and oxygen atoms in total. The fraction of sp³-hybridized carbons (Fsp3) is 0.308. The van der Waals surface area contributed by atoms with Crippen LogP contribution in [-0.4, -0.2) is 46.5 Å². The maximum Gasteiger partial charge on any atom is 0.273 e. The molecule has 0 radical (unpaired) electrons. The zero-order valence-corrected chi connectivity index (χ0v) is 21.4. The predicted octanol–water partition coefficient (Wildman–Crippen LogP) is 2.83. The number of amides is 3. The van der Waals surface area contributed by atoms with Crippen LogP contribution >= 0.6 is 11.5 Å². The number of rotatable bonds is 8. The highest BCUT2D eigenvalue weighted by atomic mass is 32.1. The smallest absolute Gasteiger partial charge is 0.273 e. The van der Waals surface area contributed by atoms with E-state index >= 15 is 0 Å². The Hall–Kier alpha value is -3.96. The lowest BCUT2D eigenvalue weighted by Crippen LogP contribution is -2.46. The van der Waals surface area contributed by atoms with Crippen molar-refractivity contribution >= 4 is 40.6 Å². The van der Waals surface area contributed by atoms with Crippen LogP contribution in [0.4, 0.5) is 11.4 Å². The van der Waals surface area contributed by atoms with Crippen molar-refractivity contribution in [2.75, 3.05) is 23.8 Å². The first-order chi connectivity index (χ1) is 17.7. The summed E-state index contributed by atoms with van der Waals surface area (Å²) in [6.07, 6.45) is 1.64. The molecular formula is C26H29N5O5S. The molecule has 3 amide bonds. The van der Waals surface area contributed by atoms with E-state index in [4.69, 9.17) is 16.2 Å². The first kappa shape index (κ1) is 26.1. The van der Waals surface area contributed by atoms with Crippen LogP contribution in [0.15, 0.2) is 42.5 Å². The van der Waals surface area contributed by atoms with Gasteiger partial charge in [0.2, 0.25) is 5.91 Å². The van der Waals surface area contributed by atoms with Crippen molar-refractivity contribution in [3.8, 4) is 5.75 Å². The van der Waals surface area contributed by atoms with Crippen LogP contribution in [0.2, 0.25) is 0 Å². The normalized spacial score (nSPS) is 15.8. The van der Waals surface area contributed by atoms with E-state index < -0.39 is 23.8 Å². The predicted molar refractivity (Wildman–Crippen MR) is 141 cm³/mol. The molecule has 0 saturated carbocycles. The SMILES string of the molecule is Cc1ccc(N(C(=O)c2snc(C(N)=O)c2N)[C@H](C(=O)NC[C@@H]2CCCO2)c2ccc(O)cc2)c(C)c1. The van der Waals surface area contributed by atoms with E-state index in [9.17, 15) is 19.5 Å². The highest BCUT2D eigenvalue weighted by Crippen LogP contribution is 2.35. The number of benzene rings is 2. The van der Waals surface area contributed by atoms with Gasteiger partial charge in [0.1, 0.15) is 16.7 Å². The summed E-state index contributed by atoms with van der Waals surface area (Å²) in [5, 5.41) is 12.8. The van der Waals surface area contributed by atoms with E-state index in [0.717, 1.165) is 35.5 Å². The molecule has 0 unspecified atom stereocenters. The molecule has 2 heterocycles. The minimum atomic E-state index is -1.13. The number of aromatic nitrogens is 1. The van der Waals surface area contributed by atoms with Crippen LogP contribution in [0.1, 0.15) is 55.7 Å². The van der Waals surface area contributed by atoms with Crippen LogP contribution in [-0.2, 0) is 9.53 Å². The second-order valence-electron chi connectivity index (χ2n) is 8.98. The number of primary amides is 1. The fourth-order valence-electron chi connectivity index (χ4n) is 4.37. The molecule has 37 heavy (non-hydrogen) atoms. The van der Waals surface area contributed by atoms with Gasteiger partial charge in [0.05, 0.1) is 11.8 Å². The molecule has 4 rings (SSSR count). The Morgan fingerprint density at radius 2 is 1.95 bits per heavy atom. The number of ether oxygens (including phenoxy) is 1. The maximum absolute atomic E-state index is 14.1. The number of phenolic OH excluding ortho intramolecular Hbond substituents is 1. The number of nitrogens with zero attached hydrogens (tertiary/aromatic N) is 2. The molecule has 1 aliphatic heterocycles. The van der Waals surface area contributed by atoms with Gasteiger partial charge in [-0.2, -0.15) is 4.37 Å². The monoisotopic (exact) mass is 523 g/mol. The van der Waals surface area contributed by atoms with Gasteiger partial charge in [-0.05, 0) is 67.5 Å². The van der Waals surface area contributed by atoms with E-state index in [0.29, 0.717) is 17.9 Å². The van der Waals surface area contributed by atoms with Gasteiger partial charge >= 0.3 is 0 Å². The lowest BCUT2D eigenvalue weighted by Gasteiger charge is -2.32. The van der Waals surface area contributed by atoms with Crippen LogP contribution in [0, 0.1) is 13.8 Å². The zero-order valence-electron chi connectivity index (χ0n) is 20.6. The van der Waals surface area contributed by atoms with Crippen molar-refractivity contribution in [3.63, 3.8) is 0 Å². The summed E-state index contributed by atoms with van der Waals surface area (Å²) in [4.78, 5) is 41.0. The van der Waals surface area contributed by atoms with Gasteiger partial charge in [0.25, 0.3) is 11.8 Å². The van der Waals surface area contributed by atoms with Gasteiger partial charge in [0, 0.05) is 18.8 Å². The number of aryl methyl sites for hydroxylation is 2. The molecule has 0 aliphatic carbocycles. The molecule has 0 spiro atoms. The maximum atomic E-state index is 14.1. The average Bonchev–Trinajstić information content (AvgIpc) is 3.52. The minimum absolute atomic E-state index is 0.00974. The second-order valence-corrected chi connectivity index (χ2v) is 9.75. The van der Waals surface area contributed by atoms with Gasteiger partial charge in [-0.1, -0.05) is 29.8 Å². The standard InChI is InChI=1S/C26H29N5O5S/c1-14-5-10-19(15(2)12-14)31(26(35)23-20(27)21(24(28)33)30-37-23)22(16-6-8-17(32)9-7-16)25(34)29-13-18-4-3-11-36-18/h5-10,12,18,22,32H,3-4,11,13,27H2,1-2H3,(H2,28,33)(H,29,34)/t18-,22-/m0/s1. The lowest BCUT2D eigenvalue weighted by molar-refractivity contribution is -0.123. The van der Waals surface area contributed by atoms with Crippen LogP contribution < -0.4 is 21.7 Å². The Morgan fingerprint density at radius 3 is 2.54 bits per heavy atom. The van der Waals surface area contributed by atoms with Gasteiger partial charge in [-0.25, -0.2) is 0 Å². The first-order valence-electron chi connectivity index (χ1n) is 11.8. The van der Waals surface area contributed by atoms with Gasteiger partial charge in [-0.15, -0.1) is 0 Å². The number of nitrogen functional groups attached to an aromatic ring is 1. The van der Waals surface area contributed by atoms with E-state index in [1.165, 1.54) is 17.0 Å². The molecule has 1 fully saturated rings. The van der Waals surface area contributed by atoms with Crippen molar-refractivity contribution in [1.82, 2.24) is 9.69 Å². The first-order valence-corrected chi connectivity index (χ1v) is 12.6. The van der Waals surface area contributed by atoms with Crippen molar-refractivity contribution in [1.29, 1.82) is 0 Å². The lowest BCUT2D eigenvalue weighted by atomic mass is 10.00. The summed E-state index contributed by atoms with van der Waals surface area (Å²) in [5.74, 6) is -1.88. The quantitative estimate of drug-likeness (QED) is 0.353. The Balaban J connectivity index is 1.84. The van der Waals surface area contributed by atoms with Crippen molar-refractivity contribution in [2.24, 2.45) is 5.73 Å². The number of carbonyl (C=O) groups excluding carboxylic acids is 3. The molecule has 0 bridgehead atoms. The number of carbonyl (C=O) groups is 3. The molecule has 1 aromatic heterocycles. The number of nitrogens with two attached hydrogens (primary N) is 2. The minimum Gasteiger partial charge on any atom is -0.508 e. The molecule has 2 atom stereocenters. The molecule has 194 valence electrons. The zero-order chi connectivity index (χ0) is 26.7.